The van der Waals surface area contributed by atoms with Crippen molar-refractivity contribution in [2.24, 2.45) is 17.1 Å². The Kier molecular flexibility index (Phi) is 5.52. The summed E-state index contributed by atoms with van der Waals surface area (Å²) in [6.45, 7) is 5.80. The van der Waals surface area contributed by atoms with Crippen molar-refractivity contribution in [2.75, 3.05) is 26.3 Å². The highest BCUT2D eigenvalue weighted by Crippen LogP contribution is 2.40. The highest BCUT2D eigenvalue weighted by atomic mass is 16.5. The number of ether oxygens (including phenoxy) is 1. The van der Waals surface area contributed by atoms with Crippen LogP contribution in [0.5, 0.6) is 0 Å². The maximum absolute atomic E-state index is 6.06. The van der Waals surface area contributed by atoms with E-state index in [1.54, 1.807) is 5.57 Å². The van der Waals surface area contributed by atoms with Gasteiger partial charge in [0.05, 0.1) is 0 Å². The van der Waals surface area contributed by atoms with Crippen molar-refractivity contribution >= 4 is 6.08 Å². The van der Waals surface area contributed by atoms with Crippen LogP contribution < -0.4 is 11.1 Å². The van der Waals surface area contributed by atoms with Crippen molar-refractivity contribution in [3.05, 3.63) is 41.5 Å². The Balaban J connectivity index is 1.55. The summed E-state index contributed by atoms with van der Waals surface area (Å²) in [5.74, 6) is 0.704. The first-order valence-corrected chi connectivity index (χ1v) is 9.03. The molecule has 2 fully saturated rings. The molecule has 3 nitrogen and oxygen atoms in total. The van der Waals surface area contributed by atoms with E-state index in [1.165, 1.54) is 12.0 Å². The predicted molar refractivity (Wildman–Crippen MR) is 96.1 cm³/mol. The molecule has 2 unspecified atom stereocenters. The Hall–Kier alpha value is -1.16. The van der Waals surface area contributed by atoms with Crippen molar-refractivity contribution in [2.45, 2.75) is 38.6 Å². The molecular formula is C20H30N2O. The van der Waals surface area contributed by atoms with Crippen LogP contribution in [0.4, 0.5) is 0 Å². The van der Waals surface area contributed by atoms with Crippen LogP contribution in [0, 0.1) is 11.3 Å². The molecule has 1 saturated heterocycles. The molecule has 23 heavy (non-hydrogen) atoms. The summed E-state index contributed by atoms with van der Waals surface area (Å²) in [5.41, 5.74) is 9.20. The Morgan fingerprint density at radius 2 is 2.04 bits per heavy atom. The topological polar surface area (TPSA) is 47.3 Å². The number of nitrogens with two attached hydrogens (primary N) is 1. The maximum atomic E-state index is 6.06. The second-order valence-electron chi connectivity index (χ2n) is 7.13. The molecule has 0 aromatic heterocycles. The first-order valence-electron chi connectivity index (χ1n) is 9.03. The summed E-state index contributed by atoms with van der Waals surface area (Å²) in [5, 5.41) is 3.79. The van der Waals surface area contributed by atoms with Crippen molar-refractivity contribution in [3.8, 4) is 0 Å². The Morgan fingerprint density at radius 1 is 1.30 bits per heavy atom. The van der Waals surface area contributed by atoms with E-state index >= 15 is 0 Å². The zero-order chi connectivity index (χ0) is 16.1. The van der Waals surface area contributed by atoms with Crippen molar-refractivity contribution in [1.82, 2.24) is 5.32 Å². The van der Waals surface area contributed by atoms with Crippen molar-refractivity contribution in [1.29, 1.82) is 0 Å². The lowest BCUT2D eigenvalue weighted by atomic mass is 9.80. The highest BCUT2D eigenvalue weighted by molar-refractivity contribution is 5.54. The molecule has 3 N–H and O–H groups in total. The minimum atomic E-state index is 0.251. The van der Waals surface area contributed by atoms with Gasteiger partial charge in [0.2, 0.25) is 0 Å². The van der Waals surface area contributed by atoms with E-state index in [9.17, 15) is 0 Å². The van der Waals surface area contributed by atoms with Crippen molar-refractivity contribution < 1.29 is 4.74 Å². The molecule has 1 aliphatic heterocycles. The van der Waals surface area contributed by atoms with Crippen LogP contribution >= 0.6 is 0 Å². The molecule has 2 atom stereocenters. The van der Waals surface area contributed by atoms with Gasteiger partial charge in [-0.15, -0.1) is 0 Å². The van der Waals surface area contributed by atoms with Crippen LogP contribution in [-0.4, -0.2) is 32.3 Å². The molecule has 1 saturated carbocycles. The van der Waals surface area contributed by atoms with Crippen LogP contribution in [0.2, 0.25) is 0 Å². The lowest BCUT2D eigenvalue weighted by Gasteiger charge is -2.36. The van der Waals surface area contributed by atoms with Gasteiger partial charge in [0.25, 0.3) is 0 Å². The van der Waals surface area contributed by atoms with Gasteiger partial charge in [0.15, 0.2) is 0 Å². The maximum Gasteiger partial charge on any atom is 0.0472 e. The van der Waals surface area contributed by atoms with Gasteiger partial charge in [-0.3, -0.25) is 0 Å². The first kappa shape index (κ1) is 16.7. The van der Waals surface area contributed by atoms with Gasteiger partial charge in [0.1, 0.15) is 0 Å². The summed E-state index contributed by atoms with van der Waals surface area (Å²) in [4.78, 5) is 0. The van der Waals surface area contributed by atoms with E-state index in [-0.39, 0.29) is 5.41 Å². The van der Waals surface area contributed by atoms with E-state index in [1.807, 2.05) is 0 Å². The largest absolute Gasteiger partial charge is 0.381 e. The molecule has 2 aliphatic rings. The molecule has 0 spiro atoms. The summed E-state index contributed by atoms with van der Waals surface area (Å²) >= 11 is 0. The molecule has 1 aliphatic carbocycles. The molecule has 0 radical (unpaired) electrons. The predicted octanol–water partition coefficient (Wildman–Crippen LogP) is 3.21. The molecular weight excluding hydrogens is 284 g/mol. The molecule has 3 rings (SSSR count). The van der Waals surface area contributed by atoms with Crippen LogP contribution in [0.3, 0.4) is 0 Å². The molecule has 126 valence electrons. The van der Waals surface area contributed by atoms with E-state index in [0.717, 1.165) is 45.6 Å². The quantitative estimate of drug-likeness (QED) is 0.812. The van der Waals surface area contributed by atoms with Crippen LogP contribution in [0.25, 0.3) is 6.08 Å². The molecule has 1 aromatic carbocycles. The normalized spacial score (nSPS) is 27.0. The molecule has 1 heterocycles. The average molecular weight is 314 g/mol. The van der Waals surface area contributed by atoms with E-state index in [2.05, 4.69) is 48.6 Å². The number of hydrogen-bond acceptors (Lipinski definition) is 3. The fraction of sp³-hybridized carbons (Fsp3) is 0.600. The Morgan fingerprint density at radius 3 is 2.70 bits per heavy atom. The smallest absolute Gasteiger partial charge is 0.0472 e. The van der Waals surface area contributed by atoms with E-state index < -0.39 is 0 Å². The first-order chi connectivity index (χ1) is 11.3. The molecule has 1 aromatic rings. The van der Waals surface area contributed by atoms with Crippen LogP contribution in [-0.2, 0) is 4.74 Å². The highest BCUT2D eigenvalue weighted by Gasteiger charge is 2.41. The fourth-order valence-corrected chi connectivity index (χ4v) is 3.67. The van der Waals surface area contributed by atoms with E-state index in [4.69, 9.17) is 10.5 Å². The van der Waals surface area contributed by atoms with Gasteiger partial charge in [-0.1, -0.05) is 48.9 Å². The van der Waals surface area contributed by atoms with Gasteiger partial charge in [-0.25, -0.2) is 0 Å². The summed E-state index contributed by atoms with van der Waals surface area (Å²) in [6, 6.07) is 11.3. The summed E-state index contributed by atoms with van der Waals surface area (Å²) < 4.78 is 5.50. The second-order valence-corrected chi connectivity index (χ2v) is 7.13. The van der Waals surface area contributed by atoms with Crippen LogP contribution in [0.15, 0.2) is 35.9 Å². The van der Waals surface area contributed by atoms with Crippen LogP contribution in [0.1, 0.15) is 38.2 Å². The zero-order valence-corrected chi connectivity index (χ0v) is 14.3. The van der Waals surface area contributed by atoms with Gasteiger partial charge in [-0.2, -0.15) is 0 Å². The Labute approximate surface area is 140 Å². The standard InChI is InChI=1S/C20H30N2O/c1-2-17(12-16-6-4-3-5-7-16)18-13-19(18)22-15-20(14-21)8-10-23-11-9-20/h3-7,12,18-19,22H,2,8-11,13-15,21H2,1H3/b17-12+. The van der Waals surface area contributed by atoms with E-state index in [0.29, 0.717) is 12.0 Å². The van der Waals surface area contributed by atoms with Gasteiger partial charge in [0, 0.05) is 25.8 Å². The minimum absolute atomic E-state index is 0.251. The summed E-state index contributed by atoms with van der Waals surface area (Å²) in [6.07, 6.45) is 6.96. The summed E-state index contributed by atoms with van der Waals surface area (Å²) in [7, 11) is 0. The number of benzene rings is 1. The fourth-order valence-electron chi connectivity index (χ4n) is 3.67. The van der Waals surface area contributed by atoms with Gasteiger partial charge < -0.3 is 15.8 Å². The number of nitrogens with one attached hydrogen (secondary N) is 1. The molecule has 0 bridgehead atoms. The SMILES string of the molecule is CC/C(=C\c1ccccc1)C1CC1NCC1(CN)CCOCC1. The second kappa shape index (κ2) is 7.61. The minimum Gasteiger partial charge on any atom is -0.381 e. The van der Waals surface area contributed by atoms with Crippen molar-refractivity contribution in [3.63, 3.8) is 0 Å². The third-order valence-corrected chi connectivity index (χ3v) is 5.55. The number of hydrogen-bond donors (Lipinski definition) is 2. The lowest BCUT2D eigenvalue weighted by molar-refractivity contribution is 0.0190. The number of rotatable bonds is 7. The van der Waals surface area contributed by atoms with Gasteiger partial charge in [-0.05, 0) is 49.1 Å². The third kappa shape index (κ3) is 4.23. The molecule has 3 heteroatoms. The average Bonchev–Trinajstić information content (AvgIpc) is 3.39. The molecule has 0 amide bonds. The third-order valence-electron chi connectivity index (χ3n) is 5.55. The monoisotopic (exact) mass is 314 g/mol. The Bertz CT molecular complexity index is 520. The lowest BCUT2D eigenvalue weighted by Crippen LogP contribution is -2.45. The van der Waals surface area contributed by atoms with Gasteiger partial charge >= 0.3 is 0 Å². The zero-order valence-electron chi connectivity index (χ0n) is 14.3.